The summed E-state index contributed by atoms with van der Waals surface area (Å²) in [4.78, 5) is 26.8. The number of carbonyl (C=O) groups is 2. The summed E-state index contributed by atoms with van der Waals surface area (Å²) in [5.41, 5.74) is 1.05. The highest BCUT2D eigenvalue weighted by molar-refractivity contribution is 7.99. The van der Waals surface area contributed by atoms with E-state index in [-0.39, 0.29) is 18.2 Å². The number of carbonyl (C=O) groups excluding carboxylic acids is 2. The van der Waals surface area contributed by atoms with E-state index in [0.717, 1.165) is 31.0 Å². The molecular formula is C18H23FN2O4S. The van der Waals surface area contributed by atoms with E-state index in [4.69, 9.17) is 4.74 Å². The zero-order valence-corrected chi connectivity index (χ0v) is 15.6. The highest BCUT2D eigenvalue weighted by Crippen LogP contribution is 2.29. The van der Waals surface area contributed by atoms with Crippen LogP contribution in [0.4, 0.5) is 20.6 Å². The van der Waals surface area contributed by atoms with Gasteiger partial charge in [0, 0.05) is 25.3 Å². The molecule has 2 heterocycles. The molecule has 1 aromatic carbocycles. The lowest BCUT2D eigenvalue weighted by Crippen LogP contribution is -2.27. The second kappa shape index (κ2) is 8.62. The molecule has 0 N–H and O–H groups in total. The lowest BCUT2D eigenvalue weighted by molar-refractivity contribution is -0.141. The van der Waals surface area contributed by atoms with Gasteiger partial charge in [0.15, 0.2) is 0 Å². The summed E-state index contributed by atoms with van der Waals surface area (Å²) in [6.07, 6.45) is 0.695. The Morgan fingerprint density at radius 2 is 2.23 bits per heavy atom. The van der Waals surface area contributed by atoms with Crippen LogP contribution in [0.25, 0.3) is 0 Å². The fourth-order valence-electron chi connectivity index (χ4n) is 3.17. The van der Waals surface area contributed by atoms with Crippen LogP contribution in [0.3, 0.4) is 0 Å². The normalized spacial score (nSPS) is 20.7. The molecule has 2 saturated heterocycles. The first-order valence-corrected chi connectivity index (χ1v) is 9.91. The van der Waals surface area contributed by atoms with E-state index in [9.17, 15) is 14.0 Å². The van der Waals surface area contributed by atoms with Gasteiger partial charge < -0.3 is 14.4 Å². The Morgan fingerprint density at radius 3 is 3.00 bits per heavy atom. The largest absolute Gasteiger partial charge is 0.469 e. The highest BCUT2D eigenvalue weighted by Gasteiger charge is 2.33. The van der Waals surface area contributed by atoms with Crippen molar-refractivity contribution < 1.29 is 23.5 Å². The van der Waals surface area contributed by atoms with E-state index in [1.807, 2.05) is 11.8 Å². The van der Waals surface area contributed by atoms with E-state index in [2.05, 4.69) is 9.64 Å². The second-order valence-electron chi connectivity index (χ2n) is 6.32. The molecule has 0 radical (unpaired) electrons. The fraction of sp³-hybridized carbons (Fsp3) is 0.556. The minimum Gasteiger partial charge on any atom is -0.469 e. The standard InChI is InChI=1S/C18H23FN2O4S/c1-24-17(22)6-4-14-12-21(18(23)25-14)13-3-5-16(15(19)11-13)20-7-2-9-26-10-8-20/h3,5,11,14H,2,4,6-10,12H2,1H3/t14-/m0/s1. The number of amides is 1. The predicted molar refractivity (Wildman–Crippen MR) is 99.4 cm³/mol. The van der Waals surface area contributed by atoms with Gasteiger partial charge in [0.05, 0.1) is 25.0 Å². The van der Waals surface area contributed by atoms with Crippen LogP contribution in [-0.4, -0.2) is 56.4 Å². The number of rotatable bonds is 5. The Balaban J connectivity index is 1.66. The summed E-state index contributed by atoms with van der Waals surface area (Å²) in [5, 5.41) is 0. The highest BCUT2D eigenvalue weighted by atomic mass is 32.2. The van der Waals surface area contributed by atoms with Gasteiger partial charge in [-0.25, -0.2) is 9.18 Å². The van der Waals surface area contributed by atoms with Crippen LogP contribution in [0.1, 0.15) is 19.3 Å². The van der Waals surface area contributed by atoms with Crippen molar-refractivity contribution in [3.05, 3.63) is 24.0 Å². The minimum absolute atomic E-state index is 0.183. The van der Waals surface area contributed by atoms with E-state index in [0.29, 0.717) is 24.3 Å². The molecule has 0 unspecified atom stereocenters. The zero-order valence-electron chi connectivity index (χ0n) is 14.8. The average Bonchev–Trinajstić information content (AvgIpc) is 2.83. The first kappa shape index (κ1) is 18.8. The van der Waals surface area contributed by atoms with Crippen molar-refractivity contribution in [2.45, 2.75) is 25.4 Å². The molecule has 8 heteroatoms. The van der Waals surface area contributed by atoms with E-state index in [1.165, 1.54) is 18.1 Å². The number of ether oxygens (including phenoxy) is 2. The summed E-state index contributed by atoms with van der Waals surface area (Å²) in [6.45, 7) is 1.96. The SMILES string of the molecule is COC(=O)CC[C@H]1CN(c2ccc(N3CCCSCC3)c(F)c2)C(=O)O1. The smallest absolute Gasteiger partial charge is 0.414 e. The summed E-state index contributed by atoms with van der Waals surface area (Å²) in [6, 6.07) is 4.87. The molecule has 142 valence electrons. The van der Waals surface area contributed by atoms with Gasteiger partial charge in [-0.2, -0.15) is 11.8 Å². The second-order valence-corrected chi connectivity index (χ2v) is 7.54. The first-order chi connectivity index (χ1) is 12.6. The number of esters is 1. The number of anilines is 2. The van der Waals surface area contributed by atoms with E-state index >= 15 is 0 Å². The molecule has 2 aliphatic heterocycles. The van der Waals surface area contributed by atoms with Crippen molar-refractivity contribution in [1.82, 2.24) is 0 Å². The Bertz CT molecular complexity index is 665. The van der Waals surface area contributed by atoms with Gasteiger partial charge in [-0.1, -0.05) is 0 Å². The molecular weight excluding hydrogens is 359 g/mol. The Morgan fingerprint density at radius 1 is 1.38 bits per heavy atom. The van der Waals surface area contributed by atoms with Gasteiger partial charge in [0.25, 0.3) is 0 Å². The van der Waals surface area contributed by atoms with Crippen molar-refractivity contribution in [2.24, 2.45) is 0 Å². The van der Waals surface area contributed by atoms with Crippen LogP contribution in [-0.2, 0) is 14.3 Å². The minimum atomic E-state index is -0.516. The lowest BCUT2D eigenvalue weighted by Gasteiger charge is -2.24. The lowest BCUT2D eigenvalue weighted by atomic mass is 10.2. The summed E-state index contributed by atoms with van der Waals surface area (Å²) in [7, 11) is 1.32. The van der Waals surface area contributed by atoms with Crippen LogP contribution >= 0.6 is 11.8 Å². The number of halogens is 1. The molecule has 1 aromatic rings. The molecule has 3 rings (SSSR count). The van der Waals surface area contributed by atoms with Gasteiger partial charge in [0.2, 0.25) is 0 Å². The van der Waals surface area contributed by atoms with Crippen LogP contribution in [0, 0.1) is 5.82 Å². The van der Waals surface area contributed by atoms with Crippen LogP contribution < -0.4 is 9.80 Å². The maximum Gasteiger partial charge on any atom is 0.414 e. The van der Waals surface area contributed by atoms with Gasteiger partial charge in [-0.15, -0.1) is 0 Å². The summed E-state index contributed by atoms with van der Waals surface area (Å²) < 4.78 is 24.5. The summed E-state index contributed by atoms with van der Waals surface area (Å²) >= 11 is 1.89. The number of cyclic esters (lactones) is 1. The van der Waals surface area contributed by atoms with E-state index in [1.54, 1.807) is 12.1 Å². The number of benzene rings is 1. The molecule has 26 heavy (non-hydrogen) atoms. The molecule has 0 bridgehead atoms. The van der Waals surface area contributed by atoms with Crippen molar-refractivity contribution in [1.29, 1.82) is 0 Å². The third kappa shape index (κ3) is 4.41. The van der Waals surface area contributed by atoms with Crippen LogP contribution in [0.15, 0.2) is 18.2 Å². The van der Waals surface area contributed by atoms with Gasteiger partial charge in [0.1, 0.15) is 11.9 Å². The van der Waals surface area contributed by atoms with Crippen molar-refractivity contribution in [3.8, 4) is 0 Å². The van der Waals surface area contributed by atoms with Crippen molar-refractivity contribution >= 4 is 35.2 Å². The number of thioether (sulfide) groups is 1. The maximum atomic E-state index is 14.7. The molecule has 2 aliphatic rings. The average molecular weight is 382 g/mol. The third-order valence-corrected chi connectivity index (χ3v) is 5.63. The van der Waals surface area contributed by atoms with Crippen LogP contribution in [0.5, 0.6) is 0 Å². The van der Waals surface area contributed by atoms with Gasteiger partial charge in [-0.05, 0) is 36.8 Å². The fourth-order valence-corrected chi connectivity index (χ4v) is 4.06. The van der Waals surface area contributed by atoms with Crippen LogP contribution in [0.2, 0.25) is 0 Å². The number of methoxy groups -OCH3 is 1. The molecule has 1 amide bonds. The van der Waals surface area contributed by atoms with Gasteiger partial charge in [-0.3, -0.25) is 9.69 Å². The Labute approximate surface area is 156 Å². The number of nitrogens with zero attached hydrogens (tertiary/aromatic N) is 2. The summed E-state index contributed by atoms with van der Waals surface area (Å²) in [5.74, 6) is 1.41. The van der Waals surface area contributed by atoms with E-state index < -0.39 is 12.2 Å². The topological polar surface area (TPSA) is 59.1 Å². The van der Waals surface area contributed by atoms with Crippen molar-refractivity contribution in [2.75, 3.05) is 48.0 Å². The molecule has 0 aliphatic carbocycles. The molecule has 2 fully saturated rings. The predicted octanol–water partition coefficient (Wildman–Crippen LogP) is 3.05. The monoisotopic (exact) mass is 382 g/mol. The molecule has 1 atom stereocenters. The van der Waals surface area contributed by atoms with Gasteiger partial charge >= 0.3 is 12.1 Å². The quantitative estimate of drug-likeness (QED) is 0.730. The number of hydrogen-bond donors (Lipinski definition) is 0. The Hall–Kier alpha value is -1.96. The number of hydrogen-bond acceptors (Lipinski definition) is 6. The molecule has 6 nitrogen and oxygen atoms in total. The molecule has 0 spiro atoms. The molecule has 0 saturated carbocycles. The zero-order chi connectivity index (χ0) is 18.5. The van der Waals surface area contributed by atoms with Crippen molar-refractivity contribution in [3.63, 3.8) is 0 Å². The first-order valence-electron chi connectivity index (χ1n) is 8.75. The maximum absolute atomic E-state index is 14.7. The third-order valence-electron chi connectivity index (χ3n) is 4.58. The molecule has 0 aromatic heterocycles. The Kier molecular flexibility index (Phi) is 6.24.